The molecule has 0 aliphatic heterocycles. The molecule has 56 valence electrons. The summed E-state index contributed by atoms with van der Waals surface area (Å²) in [7, 11) is 0. The summed E-state index contributed by atoms with van der Waals surface area (Å²) in [5.74, 6) is 0. The third-order valence-electron chi connectivity index (χ3n) is 0. The molecular formula is Al2Mn2O3P2Si2. The van der Waals surface area contributed by atoms with Crippen LogP contribution in [-0.2, 0) is 50.6 Å². The summed E-state index contributed by atoms with van der Waals surface area (Å²) >= 11 is 0. The summed E-state index contributed by atoms with van der Waals surface area (Å²) in [6, 6.07) is 0. The first-order chi connectivity index (χ1) is 0. The second-order valence-corrected chi connectivity index (χ2v) is 0. The van der Waals surface area contributed by atoms with E-state index in [-0.39, 0.29) is 127 Å². The summed E-state index contributed by atoms with van der Waals surface area (Å²) < 4.78 is 0. The zero-order chi connectivity index (χ0) is 0. The van der Waals surface area contributed by atoms with Crippen molar-refractivity contribution in [2.45, 2.75) is 0 Å². The minimum absolute atomic E-state index is 0. The van der Waals surface area contributed by atoms with E-state index in [1.54, 1.807) is 0 Å². The van der Waals surface area contributed by atoms with Crippen molar-refractivity contribution in [3.05, 3.63) is 0 Å². The molecule has 3 nitrogen and oxygen atoms in total. The van der Waals surface area contributed by atoms with E-state index in [4.69, 9.17) is 0 Å². The van der Waals surface area contributed by atoms with Gasteiger partial charge in [0.25, 0.3) is 0 Å². The molecule has 0 aliphatic rings. The number of rotatable bonds is 0. The third-order valence-corrected chi connectivity index (χ3v) is 0. The Hall–Kier alpha value is 3.28. The third kappa shape index (κ3) is 157. The second kappa shape index (κ2) is 186. The van der Waals surface area contributed by atoms with Crippen LogP contribution >= 0.6 is 19.8 Å². The number of hydrogen-bond acceptors (Lipinski definition) is 0. The van der Waals surface area contributed by atoms with Crippen molar-refractivity contribution in [2.24, 2.45) is 0 Å². The van der Waals surface area contributed by atoms with Gasteiger partial charge in [-0.1, -0.05) is 0 Å². The van der Waals surface area contributed by atoms with Crippen LogP contribution in [0.4, 0.5) is 0 Å². The Morgan fingerprint density at radius 2 is 0.455 bits per heavy atom. The van der Waals surface area contributed by atoms with Gasteiger partial charge < -0.3 is 16.4 Å². The second-order valence-electron chi connectivity index (χ2n) is 0. The SMILES string of the molecule is [Al+3].[Al+3].[Mn].[Mn].[O-2].[O-2].[O-2].[P].[P].[Si].[Si]. The molecule has 0 saturated carbocycles. The van der Waals surface area contributed by atoms with Crippen LogP contribution < -0.4 is 0 Å². The van der Waals surface area contributed by atoms with Crippen molar-refractivity contribution in [1.82, 2.24) is 0 Å². The molecule has 0 N–H and O–H groups in total. The number of hydrogen-bond donors (Lipinski definition) is 0. The standard InChI is InChI=1S/2Al.2Mn.3O.2P.2Si/q2*+3;;;3*-2;;;;. The predicted octanol–water partition coefficient (Wildman–Crippen LogP) is -0.162. The van der Waals surface area contributed by atoms with Crippen LogP contribution in [0.5, 0.6) is 0 Å². The van der Waals surface area contributed by atoms with E-state index in [1.807, 2.05) is 0 Å². The molecule has 0 unspecified atom stereocenters. The molecule has 0 saturated heterocycles. The summed E-state index contributed by atoms with van der Waals surface area (Å²) in [6.45, 7) is 0. The van der Waals surface area contributed by atoms with Gasteiger partial charge in [0.05, 0.1) is 0 Å². The van der Waals surface area contributed by atoms with Crippen LogP contribution in [0, 0.1) is 0 Å². The Morgan fingerprint density at radius 1 is 0.455 bits per heavy atom. The first-order valence-electron chi connectivity index (χ1n) is 0. The van der Waals surface area contributed by atoms with E-state index in [1.165, 1.54) is 0 Å². The molecule has 0 spiro atoms. The maximum atomic E-state index is 0. The molecule has 11 heavy (non-hydrogen) atoms. The van der Waals surface area contributed by atoms with Crippen molar-refractivity contribution in [3.63, 3.8) is 0 Å². The van der Waals surface area contributed by atoms with Gasteiger partial charge in [0, 0.05) is 75.9 Å². The van der Waals surface area contributed by atoms with Crippen molar-refractivity contribution in [1.29, 1.82) is 0 Å². The Morgan fingerprint density at radius 3 is 0.455 bits per heavy atom. The maximum absolute atomic E-state index is 0. The first-order valence-corrected chi connectivity index (χ1v) is 0. The maximum Gasteiger partial charge on any atom is 3.00 e. The summed E-state index contributed by atoms with van der Waals surface area (Å²) in [6.07, 6.45) is 0. The minimum Gasteiger partial charge on any atom is -2.00 e. The van der Waals surface area contributed by atoms with Crippen LogP contribution in [0.15, 0.2) is 0 Å². The Labute approximate surface area is 126 Å². The van der Waals surface area contributed by atoms with Gasteiger partial charge in [-0.05, 0) is 0 Å². The van der Waals surface area contributed by atoms with E-state index < -0.39 is 0 Å². The average molecular weight is 330 g/mol. The fourth-order valence-corrected chi connectivity index (χ4v) is 0. The van der Waals surface area contributed by atoms with Crippen LogP contribution in [0.25, 0.3) is 0 Å². The molecule has 0 aromatic heterocycles. The van der Waals surface area contributed by atoms with E-state index in [2.05, 4.69) is 0 Å². The van der Waals surface area contributed by atoms with E-state index in [9.17, 15) is 0 Å². The largest absolute Gasteiger partial charge is 3.00 e. The first kappa shape index (κ1) is 234. The summed E-state index contributed by atoms with van der Waals surface area (Å²) in [5.41, 5.74) is 0. The van der Waals surface area contributed by atoms with Crippen molar-refractivity contribution < 1.29 is 50.6 Å². The van der Waals surface area contributed by atoms with Crippen LogP contribution in [0.2, 0.25) is 0 Å². The zero-order valence-corrected chi connectivity index (χ0v) is 13.5. The smallest absolute Gasteiger partial charge is 2.00 e. The van der Waals surface area contributed by atoms with Gasteiger partial charge in [0.2, 0.25) is 0 Å². The molecule has 0 aliphatic carbocycles. The molecule has 16 radical (unpaired) electrons. The molecule has 0 atom stereocenters. The zero-order valence-electron chi connectivity index (χ0n) is 5.03. The summed E-state index contributed by atoms with van der Waals surface area (Å²) in [4.78, 5) is 0. The van der Waals surface area contributed by atoms with E-state index in [0.717, 1.165) is 0 Å². The normalized spacial score (nSPS) is 0. The van der Waals surface area contributed by atoms with Crippen LogP contribution in [0.1, 0.15) is 0 Å². The molecule has 0 aromatic rings. The minimum atomic E-state index is 0. The van der Waals surface area contributed by atoms with E-state index in [0.29, 0.717) is 0 Å². The van der Waals surface area contributed by atoms with Crippen LogP contribution in [0.3, 0.4) is 0 Å². The summed E-state index contributed by atoms with van der Waals surface area (Å²) in [5, 5.41) is 0. The molecule has 0 amide bonds. The van der Waals surface area contributed by atoms with Gasteiger partial charge in [-0.15, -0.1) is 0 Å². The molecule has 0 heterocycles. The average Bonchev–Trinajstić information content (AvgIpc) is 0. The monoisotopic (exact) mass is 330 g/mol. The Kier molecular flexibility index (Phi) is 3970. The molecule has 0 fully saturated rings. The van der Waals surface area contributed by atoms with Gasteiger partial charge in [-0.25, -0.2) is 0 Å². The topological polar surface area (TPSA) is 85.5 Å². The van der Waals surface area contributed by atoms with Gasteiger partial charge in [0.15, 0.2) is 0 Å². The Bertz CT molecular complexity index is 25.3. The van der Waals surface area contributed by atoms with Crippen LogP contribution in [-0.4, -0.2) is 56.7 Å². The fraction of sp³-hybridized carbons (Fsp3) is 0. The predicted molar refractivity (Wildman–Crippen MR) is 38.9 cm³/mol. The molecular weight excluding hydrogens is 330 g/mol. The van der Waals surface area contributed by atoms with E-state index >= 15 is 0 Å². The molecule has 11 heteroatoms. The van der Waals surface area contributed by atoms with Gasteiger partial charge >= 0.3 is 34.7 Å². The van der Waals surface area contributed by atoms with Crippen molar-refractivity contribution >= 4 is 76.5 Å². The van der Waals surface area contributed by atoms with Crippen molar-refractivity contribution in [3.8, 4) is 0 Å². The van der Waals surface area contributed by atoms with Gasteiger partial charge in [-0.3, -0.25) is 0 Å². The van der Waals surface area contributed by atoms with Crippen molar-refractivity contribution in [2.75, 3.05) is 0 Å². The molecule has 0 rings (SSSR count). The quantitative estimate of drug-likeness (QED) is 0.437. The fourth-order valence-electron chi connectivity index (χ4n) is 0. The van der Waals surface area contributed by atoms with Gasteiger partial charge in [0.1, 0.15) is 0 Å². The molecule has 0 bridgehead atoms. The van der Waals surface area contributed by atoms with Gasteiger partial charge in [-0.2, -0.15) is 0 Å². The Balaban J connectivity index is 0. The molecule has 0 aromatic carbocycles.